The van der Waals surface area contributed by atoms with E-state index in [0.29, 0.717) is 36.2 Å². The van der Waals surface area contributed by atoms with Gasteiger partial charge in [-0.05, 0) is 64.2 Å². The van der Waals surface area contributed by atoms with Gasteiger partial charge in [0.1, 0.15) is 0 Å². The molecule has 0 radical (unpaired) electrons. The van der Waals surface area contributed by atoms with E-state index in [4.69, 9.17) is 0 Å². The lowest BCUT2D eigenvalue weighted by atomic mass is 9.72. The Morgan fingerprint density at radius 1 is 1.22 bits per heavy atom. The van der Waals surface area contributed by atoms with Crippen LogP contribution < -0.4 is 0 Å². The normalized spacial score (nSPS) is 31.1. The molecule has 4 rings (SSSR count). The molecule has 4 heterocycles. The summed E-state index contributed by atoms with van der Waals surface area (Å²) < 4.78 is 1.92. The molecular formula is C21H35N5O. The van der Waals surface area contributed by atoms with Crippen LogP contribution in [0.15, 0.2) is 18.5 Å². The third kappa shape index (κ3) is 4.21. The molecule has 4 atom stereocenters. The van der Waals surface area contributed by atoms with Gasteiger partial charge < -0.3 is 9.80 Å². The smallest absolute Gasteiger partial charge is 0.222 e. The Morgan fingerprint density at radius 2 is 2.07 bits per heavy atom. The Balaban J connectivity index is 1.39. The number of nitrogens with zero attached hydrogens (tertiary/aromatic N) is 5. The molecule has 3 aliphatic rings. The summed E-state index contributed by atoms with van der Waals surface area (Å²) in [4.78, 5) is 20.3. The number of hydrogen-bond acceptors (Lipinski definition) is 4. The Kier molecular flexibility index (Phi) is 5.83. The van der Waals surface area contributed by atoms with Crippen LogP contribution in [0.1, 0.15) is 38.5 Å². The highest BCUT2D eigenvalue weighted by Gasteiger charge is 2.47. The van der Waals surface area contributed by atoms with Crippen molar-refractivity contribution < 1.29 is 4.79 Å². The Bertz CT molecular complexity index is 616. The predicted molar refractivity (Wildman–Crippen MR) is 106 cm³/mol. The summed E-state index contributed by atoms with van der Waals surface area (Å²) in [5.41, 5.74) is 0. The molecule has 0 N–H and O–H groups in total. The lowest BCUT2D eigenvalue weighted by Crippen LogP contribution is -2.65. The highest BCUT2D eigenvalue weighted by atomic mass is 16.2. The van der Waals surface area contributed by atoms with Crippen LogP contribution in [0, 0.1) is 11.8 Å². The molecule has 27 heavy (non-hydrogen) atoms. The summed E-state index contributed by atoms with van der Waals surface area (Å²) in [6, 6.07) is 3.25. The molecule has 0 saturated carbocycles. The number of piperidine rings is 3. The van der Waals surface area contributed by atoms with E-state index in [9.17, 15) is 4.79 Å². The summed E-state index contributed by atoms with van der Waals surface area (Å²) in [5, 5.41) is 4.24. The first-order chi connectivity index (χ1) is 13.1. The molecule has 1 aromatic rings. The molecule has 150 valence electrons. The Labute approximate surface area is 163 Å². The SMILES string of the molecule is CN(C)C[C@H]1[C@H]2C[C@H](CN(C(=O)CCCn3cccn3)C2)[C@@H]2CCCCN21. The van der Waals surface area contributed by atoms with Crippen LogP contribution in [0.5, 0.6) is 0 Å². The number of fused-ring (bicyclic) bond motifs is 4. The maximum Gasteiger partial charge on any atom is 0.222 e. The van der Waals surface area contributed by atoms with Crippen molar-refractivity contribution in [1.29, 1.82) is 0 Å². The molecule has 3 fully saturated rings. The Morgan fingerprint density at radius 3 is 2.85 bits per heavy atom. The molecule has 6 heteroatoms. The molecule has 1 aromatic heterocycles. The van der Waals surface area contributed by atoms with Crippen molar-refractivity contribution in [2.45, 2.75) is 57.2 Å². The van der Waals surface area contributed by atoms with E-state index < -0.39 is 0 Å². The molecule has 0 aliphatic carbocycles. The fourth-order valence-corrected chi connectivity index (χ4v) is 5.72. The third-order valence-electron chi connectivity index (χ3n) is 6.86. The molecule has 0 spiro atoms. The second kappa shape index (κ2) is 8.31. The van der Waals surface area contributed by atoms with Crippen LogP contribution in [0.4, 0.5) is 0 Å². The summed E-state index contributed by atoms with van der Waals surface area (Å²) >= 11 is 0. The minimum Gasteiger partial charge on any atom is -0.342 e. The molecule has 6 nitrogen and oxygen atoms in total. The lowest BCUT2D eigenvalue weighted by Gasteiger charge is -2.57. The number of aromatic nitrogens is 2. The summed E-state index contributed by atoms with van der Waals surface area (Å²) in [6.07, 6.45) is 10.6. The lowest BCUT2D eigenvalue weighted by molar-refractivity contribution is -0.141. The minimum absolute atomic E-state index is 0.352. The number of carbonyl (C=O) groups excluding carboxylic acids is 1. The van der Waals surface area contributed by atoms with E-state index in [0.717, 1.165) is 32.6 Å². The van der Waals surface area contributed by atoms with E-state index in [2.05, 4.69) is 33.9 Å². The van der Waals surface area contributed by atoms with Gasteiger partial charge in [-0.3, -0.25) is 14.4 Å². The standard InChI is InChI=1S/C21H35N5O/c1-23(2)16-20-18-13-17(19-7-3-4-12-26(19)20)14-24(15-18)21(27)8-5-10-25-11-6-9-22-25/h6,9,11,17-20H,3-5,7-8,10,12-16H2,1-2H3/t17-,18+,19+,20+/m1/s1. The van der Waals surface area contributed by atoms with Crippen molar-refractivity contribution >= 4 is 5.91 Å². The van der Waals surface area contributed by atoms with Gasteiger partial charge in [0.25, 0.3) is 0 Å². The van der Waals surface area contributed by atoms with Crippen molar-refractivity contribution in [3.63, 3.8) is 0 Å². The van der Waals surface area contributed by atoms with Gasteiger partial charge in [-0.15, -0.1) is 0 Å². The second-order valence-corrected chi connectivity index (χ2v) is 9.06. The molecule has 1 amide bonds. The minimum atomic E-state index is 0.352. The summed E-state index contributed by atoms with van der Waals surface area (Å²) in [5.74, 6) is 1.66. The number of likely N-dealkylation sites (tertiary alicyclic amines) is 1. The van der Waals surface area contributed by atoms with E-state index in [1.54, 1.807) is 6.20 Å². The van der Waals surface area contributed by atoms with Crippen LogP contribution in [-0.4, -0.2) is 82.7 Å². The molecule has 0 aromatic carbocycles. The third-order valence-corrected chi connectivity index (χ3v) is 6.86. The second-order valence-electron chi connectivity index (χ2n) is 9.06. The van der Waals surface area contributed by atoms with E-state index in [-0.39, 0.29) is 0 Å². The monoisotopic (exact) mass is 373 g/mol. The zero-order chi connectivity index (χ0) is 18.8. The fourth-order valence-electron chi connectivity index (χ4n) is 5.72. The van der Waals surface area contributed by atoms with Gasteiger partial charge in [0, 0.05) is 57.1 Å². The van der Waals surface area contributed by atoms with Gasteiger partial charge in [0.2, 0.25) is 5.91 Å². The van der Waals surface area contributed by atoms with Crippen molar-refractivity contribution in [2.75, 3.05) is 40.3 Å². The molecular weight excluding hydrogens is 338 g/mol. The van der Waals surface area contributed by atoms with Crippen LogP contribution in [0.3, 0.4) is 0 Å². The largest absolute Gasteiger partial charge is 0.342 e. The fraction of sp³-hybridized carbons (Fsp3) is 0.810. The van der Waals surface area contributed by atoms with Gasteiger partial charge in [0.05, 0.1) is 0 Å². The molecule has 3 saturated heterocycles. The number of aryl methyl sites for hydroxylation is 1. The highest BCUT2D eigenvalue weighted by molar-refractivity contribution is 5.76. The average Bonchev–Trinajstić information content (AvgIpc) is 3.18. The number of carbonyl (C=O) groups is 1. The quantitative estimate of drug-likeness (QED) is 0.764. The summed E-state index contributed by atoms with van der Waals surface area (Å²) in [7, 11) is 4.37. The van der Waals surface area contributed by atoms with Crippen molar-refractivity contribution in [2.24, 2.45) is 11.8 Å². The van der Waals surface area contributed by atoms with Gasteiger partial charge in [-0.2, -0.15) is 5.10 Å². The maximum atomic E-state index is 12.9. The van der Waals surface area contributed by atoms with E-state index in [1.165, 1.54) is 32.2 Å². The van der Waals surface area contributed by atoms with E-state index >= 15 is 0 Å². The van der Waals surface area contributed by atoms with Gasteiger partial charge in [-0.1, -0.05) is 6.42 Å². The average molecular weight is 374 g/mol. The van der Waals surface area contributed by atoms with Crippen LogP contribution in [0.25, 0.3) is 0 Å². The van der Waals surface area contributed by atoms with Crippen molar-refractivity contribution in [3.05, 3.63) is 18.5 Å². The molecule has 3 aliphatic heterocycles. The first kappa shape index (κ1) is 18.9. The van der Waals surface area contributed by atoms with E-state index in [1.807, 2.05) is 16.9 Å². The van der Waals surface area contributed by atoms with Crippen LogP contribution in [0.2, 0.25) is 0 Å². The zero-order valence-corrected chi connectivity index (χ0v) is 17.0. The molecule has 2 bridgehead atoms. The van der Waals surface area contributed by atoms with Crippen molar-refractivity contribution in [1.82, 2.24) is 24.5 Å². The number of amides is 1. The van der Waals surface area contributed by atoms with Crippen LogP contribution >= 0.6 is 0 Å². The Hall–Kier alpha value is -1.40. The number of rotatable bonds is 6. The van der Waals surface area contributed by atoms with Crippen LogP contribution in [-0.2, 0) is 11.3 Å². The number of likely N-dealkylation sites (N-methyl/N-ethyl adjacent to an activating group) is 1. The first-order valence-electron chi connectivity index (χ1n) is 10.8. The van der Waals surface area contributed by atoms with Gasteiger partial charge in [-0.25, -0.2) is 0 Å². The predicted octanol–water partition coefficient (Wildman–Crippen LogP) is 1.93. The molecule has 0 unspecified atom stereocenters. The topological polar surface area (TPSA) is 44.6 Å². The van der Waals surface area contributed by atoms with Gasteiger partial charge in [0.15, 0.2) is 0 Å². The van der Waals surface area contributed by atoms with Gasteiger partial charge >= 0.3 is 0 Å². The summed E-state index contributed by atoms with van der Waals surface area (Å²) in [6.45, 7) is 5.15. The zero-order valence-electron chi connectivity index (χ0n) is 17.0. The maximum absolute atomic E-state index is 12.9. The number of hydrogen-bond donors (Lipinski definition) is 0. The van der Waals surface area contributed by atoms with Crippen molar-refractivity contribution in [3.8, 4) is 0 Å². The first-order valence-corrected chi connectivity index (χ1v) is 10.8. The highest BCUT2D eigenvalue weighted by Crippen LogP contribution is 2.41.